The van der Waals surface area contributed by atoms with Crippen molar-refractivity contribution in [2.75, 3.05) is 19.5 Å². The number of amides is 1. The number of benzene rings is 1. The molecule has 146 valence electrons. The number of rotatable bonds is 7. The normalized spacial score (nSPS) is 12.1. The molecule has 3 rings (SSSR count). The Balaban J connectivity index is 1.96. The van der Waals surface area contributed by atoms with E-state index in [0.717, 1.165) is 5.56 Å². The van der Waals surface area contributed by atoms with Crippen molar-refractivity contribution in [2.45, 2.75) is 25.0 Å². The van der Waals surface area contributed by atoms with E-state index in [-0.39, 0.29) is 23.3 Å². The molecule has 0 saturated heterocycles. The minimum atomic E-state index is -0.211. The van der Waals surface area contributed by atoms with Crippen LogP contribution in [0.4, 0.5) is 0 Å². The summed E-state index contributed by atoms with van der Waals surface area (Å²) in [7, 11) is 1.59. The van der Waals surface area contributed by atoms with Gasteiger partial charge in [0.25, 0.3) is 5.56 Å². The molecule has 0 aliphatic carbocycles. The second-order valence-corrected chi connectivity index (χ2v) is 7.40. The average molecular weight is 398 g/mol. The number of thioether (sulfide) groups is 1. The van der Waals surface area contributed by atoms with E-state index in [1.54, 1.807) is 37.6 Å². The lowest BCUT2D eigenvalue weighted by Crippen LogP contribution is -2.36. The molecule has 1 aromatic carbocycles. The van der Waals surface area contributed by atoms with Gasteiger partial charge in [-0.2, -0.15) is 0 Å². The summed E-state index contributed by atoms with van der Waals surface area (Å²) < 4.78 is 6.49. The Morgan fingerprint density at radius 1 is 1.29 bits per heavy atom. The van der Waals surface area contributed by atoms with Crippen LogP contribution in [0, 0.1) is 6.92 Å². The minimum Gasteiger partial charge on any atom is -0.383 e. The highest BCUT2D eigenvalue weighted by Gasteiger charge is 2.16. The van der Waals surface area contributed by atoms with Gasteiger partial charge in [0.15, 0.2) is 5.16 Å². The molecule has 1 atom stereocenters. The van der Waals surface area contributed by atoms with Crippen molar-refractivity contribution in [3.8, 4) is 5.82 Å². The number of nitrogens with one attached hydrogen (secondary N) is 1. The highest BCUT2D eigenvalue weighted by Crippen LogP contribution is 2.20. The lowest BCUT2D eigenvalue weighted by molar-refractivity contribution is -0.119. The first-order valence-corrected chi connectivity index (χ1v) is 9.84. The van der Waals surface area contributed by atoms with E-state index in [2.05, 4.69) is 15.3 Å². The molecule has 7 nitrogen and oxygen atoms in total. The molecule has 0 fully saturated rings. The van der Waals surface area contributed by atoms with Crippen LogP contribution < -0.4 is 10.9 Å². The Hall–Kier alpha value is -2.71. The molecular formula is C20H22N4O3S. The van der Waals surface area contributed by atoms with Gasteiger partial charge in [0.05, 0.1) is 23.3 Å². The highest BCUT2D eigenvalue weighted by atomic mass is 32.2. The Labute approximate surface area is 167 Å². The minimum absolute atomic E-state index is 0.0939. The number of aromatic nitrogens is 3. The second-order valence-electron chi connectivity index (χ2n) is 6.46. The Kier molecular flexibility index (Phi) is 6.43. The predicted molar refractivity (Wildman–Crippen MR) is 110 cm³/mol. The van der Waals surface area contributed by atoms with Gasteiger partial charge < -0.3 is 10.1 Å². The molecule has 0 aliphatic heterocycles. The molecule has 2 aromatic heterocycles. The third kappa shape index (κ3) is 4.58. The van der Waals surface area contributed by atoms with Gasteiger partial charge in [-0.3, -0.25) is 9.59 Å². The first-order chi connectivity index (χ1) is 13.5. The molecule has 0 aliphatic rings. The summed E-state index contributed by atoms with van der Waals surface area (Å²) in [6, 6.07) is 10.7. The molecule has 0 bridgehead atoms. The maximum atomic E-state index is 13.1. The van der Waals surface area contributed by atoms with Crippen molar-refractivity contribution in [3.05, 3.63) is 58.5 Å². The maximum absolute atomic E-state index is 13.1. The van der Waals surface area contributed by atoms with E-state index in [1.807, 2.05) is 26.0 Å². The van der Waals surface area contributed by atoms with E-state index < -0.39 is 0 Å². The molecule has 2 heterocycles. The van der Waals surface area contributed by atoms with Gasteiger partial charge >= 0.3 is 0 Å². The van der Waals surface area contributed by atoms with Crippen LogP contribution in [0.2, 0.25) is 0 Å². The summed E-state index contributed by atoms with van der Waals surface area (Å²) in [6.07, 6.45) is 1.70. The van der Waals surface area contributed by atoms with Crippen LogP contribution in [0.3, 0.4) is 0 Å². The largest absolute Gasteiger partial charge is 0.383 e. The van der Waals surface area contributed by atoms with E-state index in [4.69, 9.17) is 4.74 Å². The van der Waals surface area contributed by atoms with Crippen LogP contribution >= 0.6 is 11.8 Å². The lowest BCUT2D eigenvalue weighted by atomic mass is 10.2. The molecular weight excluding hydrogens is 376 g/mol. The number of nitrogens with zero attached hydrogens (tertiary/aromatic N) is 3. The molecule has 1 amide bonds. The summed E-state index contributed by atoms with van der Waals surface area (Å²) >= 11 is 1.20. The van der Waals surface area contributed by atoms with Gasteiger partial charge in [-0.25, -0.2) is 14.5 Å². The lowest BCUT2D eigenvalue weighted by Gasteiger charge is -2.14. The van der Waals surface area contributed by atoms with Crippen LogP contribution in [-0.2, 0) is 9.53 Å². The molecule has 0 spiro atoms. The second kappa shape index (κ2) is 8.99. The van der Waals surface area contributed by atoms with Crippen LogP contribution in [0.25, 0.3) is 16.7 Å². The van der Waals surface area contributed by atoms with E-state index >= 15 is 0 Å². The van der Waals surface area contributed by atoms with Crippen molar-refractivity contribution in [1.82, 2.24) is 19.9 Å². The summed E-state index contributed by atoms with van der Waals surface area (Å²) in [4.78, 5) is 34.3. The van der Waals surface area contributed by atoms with E-state index in [9.17, 15) is 9.59 Å². The monoisotopic (exact) mass is 398 g/mol. The zero-order valence-electron chi connectivity index (χ0n) is 16.0. The van der Waals surface area contributed by atoms with Gasteiger partial charge in [-0.1, -0.05) is 30.0 Å². The fourth-order valence-corrected chi connectivity index (χ4v) is 3.55. The quantitative estimate of drug-likeness (QED) is 0.486. The third-order valence-corrected chi connectivity index (χ3v) is 4.96. The SMILES string of the molecule is COC[C@H](C)NC(=O)CSc1nc2ccccc2c(=O)n1-c1ccc(C)cn1. The van der Waals surface area contributed by atoms with Crippen molar-refractivity contribution in [1.29, 1.82) is 0 Å². The molecule has 1 N–H and O–H groups in total. The van der Waals surface area contributed by atoms with Gasteiger partial charge in [-0.05, 0) is 37.6 Å². The fraction of sp³-hybridized carbons (Fsp3) is 0.300. The summed E-state index contributed by atoms with van der Waals surface area (Å²) in [5.41, 5.74) is 1.37. The van der Waals surface area contributed by atoms with Crippen LogP contribution in [-0.4, -0.2) is 46.0 Å². The zero-order valence-corrected chi connectivity index (χ0v) is 16.8. The standard InChI is InChI=1S/C20H22N4O3S/c1-13-8-9-17(21-10-13)24-19(26)15-6-4-5-7-16(15)23-20(24)28-12-18(25)22-14(2)11-27-3/h4-10,14H,11-12H2,1-3H3,(H,22,25)/t14-/m0/s1. The summed E-state index contributed by atoms with van der Waals surface area (Å²) in [5.74, 6) is 0.454. The van der Waals surface area contributed by atoms with Crippen molar-refractivity contribution in [2.24, 2.45) is 0 Å². The highest BCUT2D eigenvalue weighted by molar-refractivity contribution is 7.99. The summed E-state index contributed by atoms with van der Waals surface area (Å²) in [6.45, 7) is 4.23. The van der Waals surface area contributed by atoms with Crippen molar-refractivity contribution in [3.63, 3.8) is 0 Å². The zero-order chi connectivity index (χ0) is 20.1. The van der Waals surface area contributed by atoms with Crippen molar-refractivity contribution >= 4 is 28.6 Å². The number of fused-ring (bicyclic) bond motifs is 1. The number of para-hydroxylation sites is 1. The smallest absolute Gasteiger partial charge is 0.267 e. The van der Waals surface area contributed by atoms with Gasteiger partial charge in [0, 0.05) is 19.3 Å². The van der Waals surface area contributed by atoms with E-state index in [0.29, 0.717) is 28.5 Å². The van der Waals surface area contributed by atoms with Crippen LogP contribution in [0.5, 0.6) is 0 Å². The molecule has 0 radical (unpaired) electrons. The summed E-state index contributed by atoms with van der Waals surface area (Å²) in [5, 5.41) is 3.79. The molecule has 0 saturated carbocycles. The first-order valence-electron chi connectivity index (χ1n) is 8.85. The number of hydrogen-bond donors (Lipinski definition) is 1. The maximum Gasteiger partial charge on any atom is 0.267 e. The molecule has 0 unspecified atom stereocenters. The molecule has 3 aromatic rings. The van der Waals surface area contributed by atoms with E-state index in [1.165, 1.54) is 16.3 Å². The number of aryl methyl sites for hydroxylation is 1. The first kappa shape index (κ1) is 20.0. The topological polar surface area (TPSA) is 86.1 Å². The molecule has 8 heteroatoms. The van der Waals surface area contributed by atoms with Crippen LogP contribution in [0.15, 0.2) is 52.5 Å². The number of hydrogen-bond acceptors (Lipinski definition) is 6. The number of pyridine rings is 1. The Morgan fingerprint density at radius 2 is 2.07 bits per heavy atom. The van der Waals surface area contributed by atoms with Gasteiger partial charge in [-0.15, -0.1) is 0 Å². The number of methoxy groups -OCH3 is 1. The number of carbonyl (C=O) groups is 1. The number of ether oxygens (including phenoxy) is 1. The Morgan fingerprint density at radius 3 is 2.79 bits per heavy atom. The average Bonchev–Trinajstić information content (AvgIpc) is 2.68. The van der Waals surface area contributed by atoms with Crippen LogP contribution in [0.1, 0.15) is 12.5 Å². The molecule has 28 heavy (non-hydrogen) atoms. The fourth-order valence-electron chi connectivity index (χ4n) is 2.74. The third-order valence-electron chi connectivity index (χ3n) is 4.03. The predicted octanol–water partition coefficient (Wildman–Crippen LogP) is 2.33. The van der Waals surface area contributed by atoms with Crippen molar-refractivity contribution < 1.29 is 9.53 Å². The number of carbonyl (C=O) groups excluding carboxylic acids is 1. The van der Waals surface area contributed by atoms with Gasteiger partial charge in [0.1, 0.15) is 5.82 Å². The Bertz CT molecular complexity index is 1030. The van der Waals surface area contributed by atoms with Gasteiger partial charge in [0.2, 0.25) is 5.91 Å².